The zero-order valence-electron chi connectivity index (χ0n) is 10.4. The summed E-state index contributed by atoms with van der Waals surface area (Å²) in [5.41, 5.74) is 0.434. The Balaban J connectivity index is 2.37. The second kappa shape index (κ2) is 7.17. The first-order valence-electron chi connectivity index (χ1n) is 6.00. The smallest absolute Gasteiger partial charge is 0.162 e. The van der Waals surface area contributed by atoms with Crippen LogP contribution in [0.2, 0.25) is 0 Å². The van der Waals surface area contributed by atoms with Gasteiger partial charge >= 0.3 is 0 Å². The summed E-state index contributed by atoms with van der Waals surface area (Å²) >= 11 is 0. The molecule has 0 spiro atoms. The van der Waals surface area contributed by atoms with Crippen LogP contribution in [0.1, 0.15) is 32.3 Å². The molecule has 0 aromatic heterocycles. The third-order valence-electron chi connectivity index (χ3n) is 2.57. The predicted molar refractivity (Wildman–Crippen MR) is 65.4 cm³/mol. The van der Waals surface area contributed by atoms with Crippen LogP contribution in [0.4, 0.5) is 4.39 Å². The number of Topliss-reactive ketones (excluding diaryl/α,β-unsaturated/α-hetero) is 1. The van der Waals surface area contributed by atoms with Crippen molar-refractivity contribution >= 4 is 5.78 Å². The number of ether oxygens (including phenoxy) is 1. The van der Waals surface area contributed by atoms with Gasteiger partial charge in [-0.25, -0.2) is 4.39 Å². The quantitative estimate of drug-likeness (QED) is 0.729. The molecule has 1 aromatic carbocycles. The van der Waals surface area contributed by atoms with Gasteiger partial charge in [-0.05, 0) is 25.0 Å². The number of benzene rings is 1. The lowest BCUT2D eigenvalue weighted by atomic mass is 10.1. The highest BCUT2D eigenvalue weighted by molar-refractivity contribution is 5.82. The van der Waals surface area contributed by atoms with Crippen molar-refractivity contribution in [1.82, 2.24) is 0 Å². The molecule has 1 atom stereocenters. The summed E-state index contributed by atoms with van der Waals surface area (Å²) in [5, 5.41) is 0. The van der Waals surface area contributed by atoms with E-state index in [4.69, 9.17) is 4.74 Å². The number of halogens is 1. The summed E-state index contributed by atoms with van der Waals surface area (Å²) in [6.07, 6.45) is 2.16. The Bertz CT molecular complexity index is 363. The Morgan fingerprint density at radius 3 is 2.76 bits per heavy atom. The summed E-state index contributed by atoms with van der Waals surface area (Å²) in [7, 11) is 0. The molecule has 2 nitrogen and oxygen atoms in total. The summed E-state index contributed by atoms with van der Waals surface area (Å²) in [6, 6.07) is 6.33. The molecule has 17 heavy (non-hydrogen) atoms. The molecular formula is C14H19FO2. The topological polar surface area (TPSA) is 26.3 Å². The van der Waals surface area contributed by atoms with E-state index in [1.807, 2.05) is 6.92 Å². The van der Waals surface area contributed by atoms with Crippen LogP contribution in [-0.2, 0) is 16.0 Å². The normalized spacial score (nSPS) is 12.4. The monoisotopic (exact) mass is 238 g/mol. The van der Waals surface area contributed by atoms with Gasteiger partial charge in [-0.15, -0.1) is 0 Å². The van der Waals surface area contributed by atoms with Crippen LogP contribution in [0.15, 0.2) is 24.3 Å². The first kappa shape index (κ1) is 13.8. The minimum Gasteiger partial charge on any atom is -0.371 e. The van der Waals surface area contributed by atoms with Crippen LogP contribution < -0.4 is 0 Å². The highest BCUT2D eigenvalue weighted by Crippen LogP contribution is 2.08. The molecule has 0 amide bonds. The maximum Gasteiger partial charge on any atom is 0.162 e. The lowest BCUT2D eigenvalue weighted by Crippen LogP contribution is -2.17. The number of rotatable bonds is 7. The maximum absolute atomic E-state index is 13.3. The van der Waals surface area contributed by atoms with Gasteiger partial charge in [0.25, 0.3) is 0 Å². The first-order chi connectivity index (χ1) is 8.13. The fourth-order valence-electron chi connectivity index (χ4n) is 1.63. The van der Waals surface area contributed by atoms with Crippen molar-refractivity contribution in [3.8, 4) is 0 Å². The van der Waals surface area contributed by atoms with Gasteiger partial charge in [-0.2, -0.15) is 0 Å². The van der Waals surface area contributed by atoms with Crippen LogP contribution in [0.25, 0.3) is 0 Å². The zero-order valence-corrected chi connectivity index (χ0v) is 10.4. The van der Waals surface area contributed by atoms with Gasteiger partial charge in [0.15, 0.2) is 5.78 Å². The van der Waals surface area contributed by atoms with E-state index in [1.165, 1.54) is 6.07 Å². The van der Waals surface area contributed by atoms with Gasteiger partial charge in [0, 0.05) is 6.42 Å². The van der Waals surface area contributed by atoms with E-state index >= 15 is 0 Å². The van der Waals surface area contributed by atoms with Gasteiger partial charge < -0.3 is 4.74 Å². The molecular weight excluding hydrogens is 219 g/mol. The second-order valence-electron chi connectivity index (χ2n) is 4.22. The first-order valence-corrected chi connectivity index (χ1v) is 6.00. The summed E-state index contributed by atoms with van der Waals surface area (Å²) in [4.78, 5) is 11.6. The van der Waals surface area contributed by atoms with Crippen molar-refractivity contribution in [3.63, 3.8) is 0 Å². The zero-order chi connectivity index (χ0) is 12.7. The van der Waals surface area contributed by atoms with Crippen LogP contribution >= 0.6 is 0 Å². The Hall–Kier alpha value is -1.22. The average molecular weight is 238 g/mol. The predicted octanol–water partition coefficient (Wildman–Crippen LogP) is 3.14. The van der Waals surface area contributed by atoms with E-state index in [1.54, 1.807) is 18.2 Å². The molecule has 1 unspecified atom stereocenters. The van der Waals surface area contributed by atoms with Gasteiger partial charge in [-0.3, -0.25) is 4.79 Å². The fraction of sp³-hybridized carbons (Fsp3) is 0.500. The van der Waals surface area contributed by atoms with Crippen LogP contribution in [0, 0.1) is 5.82 Å². The molecule has 1 aromatic rings. The largest absolute Gasteiger partial charge is 0.371 e. The second-order valence-corrected chi connectivity index (χ2v) is 4.22. The minimum absolute atomic E-state index is 0.0650. The van der Waals surface area contributed by atoms with E-state index in [9.17, 15) is 9.18 Å². The van der Waals surface area contributed by atoms with Gasteiger partial charge in [0.05, 0.1) is 6.10 Å². The average Bonchev–Trinajstić information content (AvgIpc) is 2.30. The standard InChI is InChI=1S/C14H19FO2/c1-3-6-11(2)17-10-13(16)9-12-7-4-5-8-14(12)15/h4-5,7-8,11H,3,6,9-10H2,1-2H3. The number of carbonyl (C=O) groups excluding carboxylic acids is 1. The Morgan fingerprint density at radius 1 is 1.41 bits per heavy atom. The van der Waals surface area contributed by atoms with Crippen molar-refractivity contribution in [3.05, 3.63) is 35.6 Å². The molecule has 3 heteroatoms. The molecule has 0 aliphatic carbocycles. The molecule has 0 saturated carbocycles. The Kier molecular flexibility index (Phi) is 5.84. The van der Waals surface area contributed by atoms with Crippen LogP contribution in [0.5, 0.6) is 0 Å². The number of hydrogen-bond donors (Lipinski definition) is 0. The molecule has 0 bridgehead atoms. The van der Waals surface area contributed by atoms with Crippen molar-refractivity contribution in [2.24, 2.45) is 0 Å². The number of hydrogen-bond acceptors (Lipinski definition) is 2. The van der Waals surface area contributed by atoms with Gasteiger partial charge in [-0.1, -0.05) is 31.5 Å². The van der Waals surface area contributed by atoms with Crippen molar-refractivity contribution in [2.75, 3.05) is 6.61 Å². The molecule has 0 fully saturated rings. The lowest BCUT2D eigenvalue weighted by Gasteiger charge is -2.11. The number of ketones is 1. The summed E-state index contributed by atoms with van der Waals surface area (Å²) in [5.74, 6) is -0.416. The highest BCUT2D eigenvalue weighted by atomic mass is 19.1. The van der Waals surface area contributed by atoms with Gasteiger partial charge in [0.2, 0.25) is 0 Å². The van der Waals surface area contributed by atoms with Crippen molar-refractivity contribution in [2.45, 2.75) is 39.2 Å². The van der Waals surface area contributed by atoms with E-state index in [0.29, 0.717) is 5.56 Å². The van der Waals surface area contributed by atoms with Crippen molar-refractivity contribution < 1.29 is 13.9 Å². The molecule has 1 rings (SSSR count). The maximum atomic E-state index is 13.3. The minimum atomic E-state index is -0.331. The van der Waals surface area contributed by atoms with Gasteiger partial charge in [0.1, 0.15) is 12.4 Å². The molecule has 0 N–H and O–H groups in total. The highest BCUT2D eigenvalue weighted by Gasteiger charge is 2.09. The molecule has 0 saturated heterocycles. The van der Waals surface area contributed by atoms with Crippen LogP contribution in [0.3, 0.4) is 0 Å². The Labute approximate surface area is 102 Å². The van der Waals surface area contributed by atoms with E-state index < -0.39 is 0 Å². The molecule has 0 heterocycles. The fourth-order valence-corrected chi connectivity index (χ4v) is 1.63. The van der Waals surface area contributed by atoms with E-state index in [-0.39, 0.29) is 30.7 Å². The third-order valence-corrected chi connectivity index (χ3v) is 2.57. The van der Waals surface area contributed by atoms with E-state index in [0.717, 1.165) is 12.8 Å². The SMILES string of the molecule is CCCC(C)OCC(=O)Cc1ccccc1F. The third kappa shape index (κ3) is 5.09. The molecule has 94 valence electrons. The lowest BCUT2D eigenvalue weighted by molar-refractivity contribution is -0.124. The van der Waals surface area contributed by atoms with Crippen molar-refractivity contribution in [1.29, 1.82) is 0 Å². The summed E-state index contributed by atoms with van der Waals surface area (Å²) in [6.45, 7) is 4.08. The Morgan fingerprint density at radius 2 is 2.12 bits per heavy atom. The molecule has 0 aliphatic rings. The number of carbonyl (C=O) groups is 1. The molecule has 0 aliphatic heterocycles. The van der Waals surface area contributed by atoms with Crippen LogP contribution in [-0.4, -0.2) is 18.5 Å². The molecule has 0 radical (unpaired) electrons. The summed E-state index contributed by atoms with van der Waals surface area (Å²) < 4.78 is 18.7. The van der Waals surface area contributed by atoms with E-state index in [2.05, 4.69) is 6.92 Å².